The lowest BCUT2D eigenvalue weighted by Gasteiger charge is -2.44. The van der Waals surface area contributed by atoms with Crippen LogP contribution in [0.25, 0.3) is 0 Å². The quantitative estimate of drug-likeness (QED) is 0.740. The zero-order chi connectivity index (χ0) is 12.9. The molecule has 0 radical (unpaired) electrons. The van der Waals surface area contributed by atoms with Crippen LogP contribution in [0.2, 0.25) is 0 Å². The van der Waals surface area contributed by atoms with Gasteiger partial charge in [-0.3, -0.25) is 0 Å². The third-order valence-electron chi connectivity index (χ3n) is 3.58. The highest BCUT2D eigenvalue weighted by Gasteiger charge is 2.37. The normalized spacial score (nSPS) is 30.5. The topological polar surface area (TPSA) is 21.3 Å². The van der Waals surface area contributed by atoms with Gasteiger partial charge in [0, 0.05) is 6.54 Å². The summed E-state index contributed by atoms with van der Waals surface area (Å²) >= 11 is 0. The van der Waals surface area contributed by atoms with Crippen molar-refractivity contribution in [1.29, 1.82) is 0 Å². The van der Waals surface area contributed by atoms with Crippen molar-refractivity contribution in [3.8, 4) is 0 Å². The fourth-order valence-corrected chi connectivity index (χ4v) is 2.75. The second-order valence-corrected chi connectivity index (χ2v) is 6.76. The van der Waals surface area contributed by atoms with Crippen molar-refractivity contribution >= 4 is 0 Å². The third kappa shape index (κ3) is 5.39. The Bertz CT molecular complexity index is 211. The van der Waals surface area contributed by atoms with Crippen molar-refractivity contribution in [2.24, 2.45) is 5.92 Å². The van der Waals surface area contributed by atoms with E-state index in [1.165, 1.54) is 32.1 Å². The molecular formula is C15H31NO. The maximum Gasteiger partial charge on any atom is 0.0813 e. The smallest absolute Gasteiger partial charge is 0.0813 e. The van der Waals surface area contributed by atoms with Gasteiger partial charge >= 0.3 is 0 Å². The van der Waals surface area contributed by atoms with E-state index in [0.29, 0.717) is 0 Å². The average Bonchev–Trinajstić information content (AvgIpc) is 2.21. The standard InChI is InChI=1S/C15H31NO/c1-6-11-16-12-15(17-14(3,4)5)9-7-13(2)8-10-15/h13,16H,6-12H2,1-5H3. The van der Waals surface area contributed by atoms with E-state index in [9.17, 15) is 0 Å². The first-order chi connectivity index (χ1) is 7.87. The van der Waals surface area contributed by atoms with Crippen molar-refractivity contribution in [2.45, 2.75) is 77.9 Å². The maximum absolute atomic E-state index is 6.40. The van der Waals surface area contributed by atoms with Crippen LogP contribution in [0.4, 0.5) is 0 Å². The van der Waals surface area contributed by atoms with Crippen molar-refractivity contribution in [2.75, 3.05) is 13.1 Å². The molecule has 0 aromatic heterocycles. The van der Waals surface area contributed by atoms with E-state index in [0.717, 1.165) is 19.0 Å². The minimum atomic E-state index is -0.0333. The molecule has 102 valence electrons. The van der Waals surface area contributed by atoms with Crippen LogP contribution in [0.5, 0.6) is 0 Å². The first kappa shape index (κ1) is 15.0. The SMILES string of the molecule is CCCNCC1(OC(C)(C)C)CCC(C)CC1. The monoisotopic (exact) mass is 241 g/mol. The number of nitrogens with one attached hydrogen (secondary N) is 1. The Morgan fingerprint density at radius 2 is 1.82 bits per heavy atom. The molecule has 0 unspecified atom stereocenters. The zero-order valence-corrected chi connectivity index (χ0v) is 12.4. The second kappa shape index (κ2) is 6.19. The van der Waals surface area contributed by atoms with Gasteiger partial charge in [0.05, 0.1) is 11.2 Å². The highest BCUT2D eigenvalue weighted by atomic mass is 16.5. The molecule has 2 heteroatoms. The van der Waals surface area contributed by atoms with Crippen LogP contribution < -0.4 is 5.32 Å². The van der Waals surface area contributed by atoms with Crippen LogP contribution in [0.3, 0.4) is 0 Å². The van der Waals surface area contributed by atoms with Crippen molar-refractivity contribution in [1.82, 2.24) is 5.32 Å². The lowest BCUT2D eigenvalue weighted by molar-refractivity contribution is -0.150. The number of hydrogen-bond acceptors (Lipinski definition) is 2. The fraction of sp³-hybridized carbons (Fsp3) is 1.00. The Morgan fingerprint density at radius 1 is 1.24 bits per heavy atom. The molecule has 17 heavy (non-hydrogen) atoms. The average molecular weight is 241 g/mol. The van der Waals surface area contributed by atoms with Gasteiger partial charge in [-0.25, -0.2) is 0 Å². The lowest BCUT2D eigenvalue weighted by atomic mass is 9.79. The molecule has 0 bridgehead atoms. The largest absolute Gasteiger partial charge is 0.368 e. The summed E-state index contributed by atoms with van der Waals surface area (Å²) in [5, 5.41) is 3.56. The highest BCUT2D eigenvalue weighted by molar-refractivity contribution is 4.90. The predicted molar refractivity (Wildman–Crippen MR) is 74.4 cm³/mol. The Kier molecular flexibility index (Phi) is 5.46. The van der Waals surface area contributed by atoms with Gasteiger partial charge in [0.25, 0.3) is 0 Å². The van der Waals surface area contributed by atoms with Crippen LogP contribution in [-0.2, 0) is 4.74 Å². The molecule has 0 aromatic carbocycles. The van der Waals surface area contributed by atoms with Gasteiger partial charge in [-0.05, 0) is 65.3 Å². The van der Waals surface area contributed by atoms with Crippen molar-refractivity contribution < 1.29 is 4.74 Å². The number of rotatable bonds is 5. The summed E-state index contributed by atoms with van der Waals surface area (Å²) in [4.78, 5) is 0. The summed E-state index contributed by atoms with van der Waals surface area (Å²) < 4.78 is 6.40. The summed E-state index contributed by atoms with van der Waals surface area (Å²) in [6.07, 6.45) is 6.24. The molecule has 1 rings (SSSR count). The Labute approximate surface area is 108 Å². The van der Waals surface area contributed by atoms with Crippen LogP contribution >= 0.6 is 0 Å². The summed E-state index contributed by atoms with van der Waals surface area (Å²) in [7, 11) is 0. The van der Waals surface area contributed by atoms with Crippen LogP contribution in [-0.4, -0.2) is 24.3 Å². The predicted octanol–water partition coefficient (Wildman–Crippen LogP) is 3.75. The van der Waals surface area contributed by atoms with Crippen LogP contribution in [0.15, 0.2) is 0 Å². The van der Waals surface area contributed by atoms with E-state index in [4.69, 9.17) is 4.74 Å². The second-order valence-electron chi connectivity index (χ2n) is 6.76. The van der Waals surface area contributed by atoms with E-state index in [2.05, 4.69) is 39.9 Å². The van der Waals surface area contributed by atoms with Gasteiger partial charge in [0.1, 0.15) is 0 Å². The van der Waals surface area contributed by atoms with E-state index in [-0.39, 0.29) is 11.2 Å². The molecule has 0 spiro atoms. The molecule has 0 aromatic rings. The molecule has 1 aliphatic carbocycles. The maximum atomic E-state index is 6.40. The van der Waals surface area contributed by atoms with E-state index < -0.39 is 0 Å². The molecule has 0 atom stereocenters. The zero-order valence-electron chi connectivity index (χ0n) is 12.4. The Balaban J connectivity index is 2.57. The first-order valence-electron chi connectivity index (χ1n) is 7.28. The van der Waals surface area contributed by atoms with Gasteiger partial charge in [0.15, 0.2) is 0 Å². The van der Waals surface area contributed by atoms with Gasteiger partial charge in [-0.2, -0.15) is 0 Å². The molecule has 2 nitrogen and oxygen atoms in total. The minimum Gasteiger partial charge on any atom is -0.368 e. The molecule has 1 aliphatic rings. The lowest BCUT2D eigenvalue weighted by Crippen LogP contribution is -2.49. The van der Waals surface area contributed by atoms with Crippen molar-refractivity contribution in [3.63, 3.8) is 0 Å². The molecule has 1 fully saturated rings. The van der Waals surface area contributed by atoms with Gasteiger partial charge < -0.3 is 10.1 Å². The Morgan fingerprint density at radius 3 is 2.29 bits per heavy atom. The van der Waals surface area contributed by atoms with E-state index in [1.54, 1.807) is 0 Å². The van der Waals surface area contributed by atoms with Crippen LogP contribution in [0.1, 0.15) is 66.7 Å². The fourth-order valence-electron chi connectivity index (χ4n) is 2.75. The summed E-state index contributed by atoms with van der Waals surface area (Å²) in [5.74, 6) is 0.873. The van der Waals surface area contributed by atoms with Crippen LogP contribution in [0, 0.1) is 5.92 Å². The Hall–Kier alpha value is -0.0800. The molecule has 0 aliphatic heterocycles. The molecule has 1 saturated carbocycles. The van der Waals surface area contributed by atoms with Gasteiger partial charge in [-0.1, -0.05) is 13.8 Å². The third-order valence-corrected chi connectivity index (χ3v) is 3.58. The molecule has 0 heterocycles. The summed E-state index contributed by atoms with van der Waals surface area (Å²) in [6, 6.07) is 0. The van der Waals surface area contributed by atoms with Gasteiger partial charge in [-0.15, -0.1) is 0 Å². The summed E-state index contributed by atoms with van der Waals surface area (Å²) in [5.41, 5.74) is 0.0500. The first-order valence-corrected chi connectivity index (χ1v) is 7.28. The number of ether oxygens (including phenoxy) is 1. The van der Waals surface area contributed by atoms with E-state index >= 15 is 0 Å². The summed E-state index contributed by atoms with van der Waals surface area (Å²) in [6.45, 7) is 13.2. The molecule has 0 amide bonds. The van der Waals surface area contributed by atoms with Crippen molar-refractivity contribution in [3.05, 3.63) is 0 Å². The number of hydrogen-bond donors (Lipinski definition) is 1. The van der Waals surface area contributed by atoms with Gasteiger partial charge in [0.2, 0.25) is 0 Å². The highest BCUT2D eigenvalue weighted by Crippen LogP contribution is 2.37. The molecule has 1 N–H and O–H groups in total. The van der Waals surface area contributed by atoms with E-state index in [1.807, 2.05) is 0 Å². The minimum absolute atomic E-state index is 0.0333. The molecular weight excluding hydrogens is 210 g/mol. The molecule has 0 saturated heterocycles.